The van der Waals surface area contributed by atoms with Crippen LogP contribution in [-0.4, -0.2) is 97.1 Å². The van der Waals surface area contributed by atoms with E-state index in [4.69, 9.17) is 40.1 Å². The number of nitrogens with zero attached hydrogens (tertiary/aromatic N) is 8. The minimum atomic E-state index is -0.596. The number of primary amides is 2. The van der Waals surface area contributed by atoms with Gasteiger partial charge in [0.05, 0.1) is 43.7 Å². The number of nitrogens with one attached hydrogen (secondary N) is 2. The quantitative estimate of drug-likeness (QED) is 0.0678. The first-order chi connectivity index (χ1) is 28.1. The van der Waals surface area contributed by atoms with Gasteiger partial charge in [0.15, 0.2) is 5.89 Å². The van der Waals surface area contributed by atoms with Crippen LogP contribution in [0.3, 0.4) is 0 Å². The van der Waals surface area contributed by atoms with E-state index in [1.54, 1.807) is 31.2 Å². The van der Waals surface area contributed by atoms with Crippen molar-refractivity contribution in [1.82, 2.24) is 38.8 Å². The molecule has 306 valence electrons. The predicted molar refractivity (Wildman–Crippen MR) is 219 cm³/mol. The van der Waals surface area contributed by atoms with E-state index < -0.39 is 11.8 Å². The molecule has 1 aliphatic heterocycles. The molecule has 0 aliphatic carbocycles. The number of carbonyl (C=O) groups is 2. The summed E-state index contributed by atoms with van der Waals surface area (Å²) >= 11 is 0. The van der Waals surface area contributed by atoms with E-state index >= 15 is 0 Å². The lowest BCUT2D eigenvalue weighted by molar-refractivity contribution is 0.0358. The van der Waals surface area contributed by atoms with Crippen LogP contribution in [0.1, 0.15) is 58.3 Å². The van der Waals surface area contributed by atoms with Gasteiger partial charge in [-0.25, -0.2) is 19.6 Å². The zero-order chi connectivity index (χ0) is 40.9. The summed E-state index contributed by atoms with van der Waals surface area (Å²) in [5.41, 5.74) is 16.0. The Labute approximate surface area is 335 Å². The molecule has 0 radical (unpaired) electrons. The molecule has 4 aromatic heterocycles. The van der Waals surface area contributed by atoms with Crippen molar-refractivity contribution in [2.75, 3.05) is 57.2 Å². The molecule has 58 heavy (non-hydrogen) atoms. The highest BCUT2D eigenvalue weighted by atomic mass is 16.5. The number of imidazole rings is 2. The van der Waals surface area contributed by atoms with E-state index in [2.05, 4.69) is 25.6 Å². The zero-order valence-corrected chi connectivity index (χ0v) is 33.5. The van der Waals surface area contributed by atoms with Gasteiger partial charge < -0.3 is 44.5 Å². The number of oxazole rings is 1. The topological polar surface area (TPSA) is 221 Å². The number of benzene rings is 2. The fraction of sp³-hybridized carbons (Fsp3) is 0.400. The average Bonchev–Trinajstić information content (AvgIpc) is 3.96. The number of morpholine rings is 1. The molecule has 1 aliphatic rings. The van der Waals surface area contributed by atoms with Crippen LogP contribution in [0.5, 0.6) is 11.5 Å². The third-order valence-electron chi connectivity index (χ3n) is 9.93. The van der Waals surface area contributed by atoms with Crippen LogP contribution >= 0.6 is 0 Å². The van der Waals surface area contributed by atoms with Crippen LogP contribution in [0.4, 0.5) is 23.6 Å². The number of carbonyl (C=O) groups excluding carboxylic acids is 2. The Morgan fingerprint density at radius 2 is 1.48 bits per heavy atom. The summed E-state index contributed by atoms with van der Waals surface area (Å²) in [5, 5.41) is 11.4. The van der Waals surface area contributed by atoms with Gasteiger partial charge in [0.1, 0.15) is 34.0 Å². The summed E-state index contributed by atoms with van der Waals surface area (Å²) in [4.78, 5) is 41.4. The number of rotatable bonds is 18. The maximum atomic E-state index is 12.5. The second-order valence-corrected chi connectivity index (χ2v) is 13.9. The molecular weight excluding hydrogens is 745 g/mol. The number of nitrogens with two attached hydrogens (primary N) is 2. The number of aryl methyl sites for hydroxylation is 4. The van der Waals surface area contributed by atoms with E-state index in [1.165, 1.54) is 7.11 Å². The van der Waals surface area contributed by atoms with Crippen LogP contribution in [0.15, 0.2) is 46.9 Å². The van der Waals surface area contributed by atoms with Crippen LogP contribution in [0.25, 0.3) is 22.1 Å². The molecule has 6 N–H and O–H groups in total. The Hall–Kier alpha value is -6.40. The lowest BCUT2D eigenvalue weighted by Gasteiger charge is -2.26. The Morgan fingerprint density at radius 3 is 2.09 bits per heavy atom. The first kappa shape index (κ1) is 39.8. The third kappa shape index (κ3) is 8.47. The van der Waals surface area contributed by atoms with Crippen molar-refractivity contribution in [2.45, 2.75) is 60.2 Å². The first-order valence-corrected chi connectivity index (χ1v) is 19.4. The molecule has 0 unspecified atom stereocenters. The van der Waals surface area contributed by atoms with E-state index in [0.29, 0.717) is 95.5 Å². The number of methoxy groups -OCH3 is 1. The lowest BCUT2D eigenvalue weighted by Crippen LogP contribution is -2.37. The molecule has 0 bridgehead atoms. The van der Waals surface area contributed by atoms with E-state index in [0.717, 1.165) is 56.5 Å². The number of allylic oxidation sites excluding steroid dienone is 2. The maximum absolute atomic E-state index is 12.5. The molecule has 5 heterocycles. The molecular formula is C40H50N12O6. The SMILES string of the molecule is CCc1nc(C)oc1Nc1nc2cc(C(N)=O)cc(OC)c2n1C/C=C/Cn1c(Nc2cc(C)nn2CC)nc2cc(C(N)=O)cc(OCCCN3CCOCC3)c21. The summed E-state index contributed by atoms with van der Waals surface area (Å²) in [5.74, 6) is 2.50. The standard InChI is InChI=1S/C40H50N12O6/c1-6-28-38(58-25(4)43-28)47-40-45-29-20-26(36(41)53)22-31(55-5)34(29)50(40)12-8-9-13-51-35-30(44-39(51)46-33-19-24(3)48-52(33)7-2)21-27(37(42)54)23-32(35)57-16-10-11-49-14-17-56-18-15-49/h8-9,19-23H,6-7,10-18H2,1-5H3,(H2,41,53)(H2,42,54)(H,44,46)(H,45,47)/b9-8+. The first-order valence-electron chi connectivity index (χ1n) is 19.4. The second-order valence-electron chi connectivity index (χ2n) is 13.9. The monoisotopic (exact) mass is 794 g/mol. The number of hydrogen-bond donors (Lipinski definition) is 4. The van der Waals surface area contributed by atoms with Crippen molar-refractivity contribution >= 4 is 57.5 Å². The molecule has 2 aromatic carbocycles. The van der Waals surface area contributed by atoms with Crippen molar-refractivity contribution in [3.05, 3.63) is 70.9 Å². The summed E-state index contributed by atoms with van der Waals surface area (Å²) in [6.45, 7) is 13.6. The summed E-state index contributed by atoms with van der Waals surface area (Å²) in [6.07, 6.45) is 5.43. The lowest BCUT2D eigenvalue weighted by atomic mass is 10.1. The van der Waals surface area contributed by atoms with Gasteiger partial charge >= 0.3 is 0 Å². The highest BCUT2D eigenvalue weighted by Crippen LogP contribution is 2.34. The maximum Gasteiger partial charge on any atom is 0.248 e. The largest absolute Gasteiger partial charge is 0.494 e. The molecule has 0 atom stereocenters. The van der Waals surface area contributed by atoms with Crippen molar-refractivity contribution in [1.29, 1.82) is 0 Å². The molecule has 0 spiro atoms. The van der Waals surface area contributed by atoms with Gasteiger partial charge in [-0.1, -0.05) is 19.1 Å². The number of amides is 2. The number of anilines is 4. The van der Waals surface area contributed by atoms with Crippen molar-refractivity contribution in [2.24, 2.45) is 11.5 Å². The highest BCUT2D eigenvalue weighted by molar-refractivity contribution is 6.00. The second kappa shape index (κ2) is 17.4. The summed E-state index contributed by atoms with van der Waals surface area (Å²) in [6, 6.07) is 8.57. The van der Waals surface area contributed by atoms with Crippen LogP contribution in [0, 0.1) is 13.8 Å². The smallest absolute Gasteiger partial charge is 0.248 e. The number of fused-ring (bicyclic) bond motifs is 2. The van der Waals surface area contributed by atoms with Crippen molar-refractivity contribution in [3.63, 3.8) is 0 Å². The number of hydrogen-bond acceptors (Lipinski definition) is 13. The van der Waals surface area contributed by atoms with E-state index in [9.17, 15) is 9.59 Å². The van der Waals surface area contributed by atoms with Gasteiger partial charge in [-0.05, 0) is 51.0 Å². The molecule has 2 amide bonds. The Kier molecular flexibility index (Phi) is 11.9. The van der Waals surface area contributed by atoms with Crippen LogP contribution in [-0.2, 0) is 30.8 Å². The molecule has 18 nitrogen and oxygen atoms in total. The van der Waals surface area contributed by atoms with Crippen LogP contribution < -0.4 is 31.6 Å². The summed E-state index contributed by atoms with van der Waals surface area (Å²) in [7, 11) is 1.53. The van der Waals surface area contributed by atoms with E-state index in [1.807, 2.05) is 52.8 Å². The molecule has 1 fully saturated rings. The highest BCUT2D eigenvalue weighted by Gasteiger charge is 2.22. The minimum absolute atomic E-state index is 0.270. The van der Waals surface area contributed by atoms with Gasteiger partial charge in [0.2, 0.25) is 29.6 Å². The van der Waals surface area contributed by atoms with Gasteiger partial charge in [-0.2, -0.15) is 5.10 Å². The molecule has 18 heteroatoms. The number of aromatic nitrogens is 7. The van der Waals surface area contributed by atoms with Gasteiger partial charge in [-0.3, -0.25) is 19.8 Å². The Bertz CT molecular complexity index is 2470. The fourth-order valence-electron chi connectivity index (χ4n) is 7.12. The third-order valence-corrected chi connectivity index (χ3v) is 9.93. The normalized spacial score (nSPS) is 13.5. The number of ether oxygens (including phenoxy) is 3. The molecule has 1 saturated heterocycles. The van der Waals surface area contributed by atoms with Gasteiger partial charge in [0.25, 0.3) is 0 Å². The Morgan fingerprint density at radius 1 is 0.862 bits per heavy atom. The minimum Gasteiger partial charge on any atom is -0.494 e. The van der Waals surface area contributed by atoms with Crippen LogP contribution in [0.2, 0.25) is 0 Å². The van der Waals surface area contributed by atoms with Gasteiger partial charge in [-0.15, -0.1) is 0 Å². The fourth-order valence-corrected chi connectivity index (χ4v) is 7.12. The molecule has 0 saturated carbocycles. The molecule has 6 aromatic rings. The molecule has 7 rings (SSSR count). The zero-order valence-electron chi connectivity index (χ0n) is 33.5. The average molecular weight is 795 g/mol. The predicted octanol–water partition coefficient (Wildman–Crippen LogP) is 4.82. The van der Waals surface area contributed by atoms with Crippen molar-refractivity contribution < 1.29 is 28.2 Å². The Balaban J connectivity index is 1.25. The van der Waals surface area contributed by atoms with Gasteiger partial charge in [0, 0.05) is 63.4 Å². The van der Waals surface area contributed by atoms with E-state index in [-0.39, 0.29) is 5.56 Å². The van der Waals surface area contributed by atoms with Crippen molar-refractivity contribution in [3.8, 4) is 11.5 Å². The summed E-state index contributed by atoms with van der Waals surface area (Å²) < 4.78 is 29.4.